The van der Waals surface area contributed by atoms with Gasteiger partial charge in [-0.2, -0.15) is 0 Å². The maximum Gasteiger partial charge on any atom is 0.276 e. The summed E-state index contributed by atoms with van der Waals surface area (Å²) >= 11 is 0. The average Bonchev–Trinajstić information content (AvgIpc) is 2.37. The van der Waals surface area contributed by atoms with E-state index in [4.69, 9.17) is 0 Å². The van der Waals surface area contributed by atoms with E-state index in [-0.39, 0.29) is 10.6 Å². The third-order valence-corrected chi connectivity index (χ3v) is 3.29. The van der Waals surface area contributed by atoms with E-state index in [0.717, 1.165) is 6.42 Å². The second-order valence-corrected chi connectivity index (χ2v) is 4.78. The molecule has 1 saturated heterocycles. The Morgan fingerprint density at radius 3 is 2.89 bits per heavy atom. The topological polar surface area (TPSA) is 55.2 Å². The first kappa shape index (κ1) is 12.8. The number of nitro groups is 1. The molecule has 96 valence electrons. The van der Waals surface area contributed by atoms with E-state index in [9.17, 15) is 10.1 Å². The minimum Gasteiger partial charge on any atom is -0.308 e. The zero-order valence-corrected chi connectivity index (χ0v) is 10.5. The Morgan fingerprint density at radius 1 is 1.39 bits per heavy atom. The van der Waals surface area contributed by atoms with Crippen molar-refractivity contribution < 1.29 is 4.92 Å². The lowest BCUT2D eigenvalue weighted by Gasteiger charge is -2.26. The molecule has 1 fully saturated rings. The van der Waals surface area contributed by atoms with Gasteiger partial charge in [-0.15, -0.1) is 0 Å². The molecule has 2 atom stereocenters. The highest BCUT2D eigenvalue weighted by molar-refractivity contribution is 5.61. The van der Waals surface area contributed by atoms with Crippen LogP contribution in [-0.2, 0) is 0 Å². The van der Waals surface area contributed by atoms with E-state index < -0.39 is 0 Å². The lowest BCUT2D eigenvalue weighted by Crippen LogP contribution is -2.39. The predicted octanol–water partition coefficient (Wildman–Crippen LogP) is 3.14. The molecule has 0 aliphatic carbocycles. The highest BCUT2D eigenvalue weighted by Crippen LogP contribution is 2.20. The fraction of sp³-hybridized carbons (Fsp3) is 0.429. The van der Waals surface area contributed by atoms with Gasteiger partial charge in [0.1, 0.15) is 0 Å². The van der Waals surface area contributed by atoms with E-state index in [1.54, 1.807) is 12.1 Å². The van der Waals surface area contributed by atoms with Crippen LogP contribution in [0.15, 0.2) is 30.3 Å². The average molecular weight is 246 g/mol. The Bertz CT molecular complexity index is 457. The first-order valence-electron chi connectivity index (χ1n) is 6.34. The SMILES string of the molecule is CC1CCCC(/C=C/c2ccccc2[N+](=O)[O-])N1. The molecule has 0 amide bonds. The highest BCUT2D eigenvalue weighted by Gasteiger charge is 2.15. The Labute approximate surface area is 107 Å². The van der Waals surface area contributed by atoms with E-state index in [1.165, 1.54) is 18.9 Å². The zero-order chi connectivity index (χ0) is 13.0. The van der Waals surface area contributed by atoms with Gasteiger partial charge in [0, 0.05) is 18.2 Å². The fourth-order valence-corrected chi connectivity index (χ4v) is 2.34. The van der Waals surface area contributed by atoms with Crippen LogP contribution in [-0.4, -0.2) is 17.0 Å². The van der Waals surface area contributed by atoms with Crippen molar-refractivity contribution in [1.82, 2.24) is 5.32 Å². The lowest BCUT2D eigenvalue weighted by molar-refractivity contribution is -0.385. The van der Waals surface area contributed by atoms with Crippen molar-refractivity contribution in [3.8, 4) is 0 Å². The number of para-hydroxylation sites is 1. The standard InChI is InChI=1S/C14H18N2O2/c1-11-5-4-7-13(15-11)10-9-12-6-2-3-8-14(12)16(17)18/h2-3,6,8-11,13,15H,4-5,7H2,1H3/b10-9+. The van der Waals surface area contributed by atoms with Crippen LogP contribution in [0.3, 0.4) is 0 Å². The smallest absolute Gasteiger partial charge is 0.276 e. The minimum atomic E-state index is -0.337. The second kappa shape index (κ2) is 5.78. The van der Waals surface area contributed by atoms with Crippen LogP contribution < -0.4 is 5.32 Å². The summed E-state index contributed by atoms with van der Waals surface area (Å²) < 4.78 is 0. The Balaban J connectivity index is 2.11. The van der Waals surface area contributed by atoms with Gasteiger partial charge in [0.25, 0.3) is 5.69 Å². The molecule has 0 radical (unpaired) electrons. The van der Waals surface area contributed by atoms with Crippen LogP contribution in [0.1, 0.15) is 31.7 Å². The second-order valence-electron chi connectivity index (χ2n) is 4.78. The van der Waals surface area contributed by atoms with Crippen molar-refractivity contribution in [3.05, 3.63) is 46.0 Å². The quantitative estimate of drug-likeness (QED) is 0.658. The number of nitrogens with zero attached hydrogens (tertiary/aromatic N) is 1. The summed E-state index contributed by atoms with van der Waals surface area (Å²) in [5.41, 5.74) is 0.833. The normalized spacial score (nSPS) is 24.3. The number of hydrogen-bond donors (Lipinski definition) is 1. The van der Waals surface area contributed by atoms with Crippen LogP contribution in [0.4, 0.5) is 5.69 Å². The fourth-order valence-electron chi connectivity index (χ4n) is 2.34. The third-order valence-electron chi connectivity index (χ3n) is 3.29. The van der Waals surface area contributed by atoms with Gasteiger partial charge in [0.2, 0.25) is 0 Å². The summed E-state index contributed by atoms with van der Waals surface area (Å²) in [6, 6.07) is 7.69. The molecule has 2 unspecified atom stereocenters. The molecule has 1 aromatic rings. The Hall–Kier alpha value is -1.68. The first-order valence-corrected chi connectivity index (χ1v) is 6.34. The number of piperidine rings is 1. The molecule has 0 bridgehead atoms. The molecular formula is C14H18N2O2. The number of rotatable bonds is 3. The molecule has 18 heavy (non-hydrogen) atoms. The zero-order valence-electron chi connectivity index (χ0n) is 10.5. The summed E-state index contributed by atoms with van der Waals surface area (Å²) in [6.45, 7) is 2.17. The molecule has 1 aliphatic heterocycles. The van der Waals surface area contributed by atoms with Crippen molar-refractivity contribution in [1.29, 1.82) is 0 Å². The lowest BCUT2D eigenvalue weighted by atomic mass is 9.98. The molecule has 4 nitrogen and oxygen atoms in total. The molecule has 2 rings (SSSR count). The van der Waals surface area contributed by atoms with Gasteiger partial charge in [0.15, 0.2) is 0 Å². The molecular weight excluding hydrogens is 228 g/mol. The van der Waals surface area contributed by atoms with Crippen LogP contribution in [0, 0.1) is 10.1 Å². The van der Waals surface area contributed by atoms with Crippen LogP contribution >= 0.6 is 0 Å². The van der Waals surface area contributed by atoms with Gasteiger partial charge < -0.3 is 5.32 Å². The van der Waals surface area contributed by atoms with Gasteiger partial charge >= 0.3 is 0 Å². The maximum atomic E-state index is 10.9. The summed E-state index contributed by atoms with van der Waals surface area (Å²) in [5, 5.41) is 14.4. The van der Waals surface area contributed by atoms with Gasteiger partial charge in [-0.25, -0.2) is 0 Å². The molecule has 1 N–H and O–H groups in total. The van der Waals surface area contributed by atoms with Gasteiger partial charge in [-0.1, -0.05) is 30.7 Å². The van der Waals surface area contributed by atoms with Gasteiger partial charge in [-0.05, 0) is 25.8 Å². The van der Waals surface area contributed by atoms with Gasteiger partial charge in [0.05, 0.1) is 10.5 Å². The largest absolute Gasteiger partial charge is 0.308 e. The third kappa shape index (κ3) is 3.17. The van der Waals surface area contributed by atoms with E-state index in [2.05, 4.69) is 12.2 Å². The summed E-state index contributed by atoms with van der Waals surface area (Å²) in [5.74, 6) is 0. The van der Waals surface area contributed by atoms with Gasteiger partial charge in [-0.3, -0.25) is 10.1 Å². The van der Waals surface area contributed by atoms with Crippen molar-refractivity contribution in [2.24, 2.45) is 0 Å². The Kier molecular flexibility index (Phi) is 4.10. The Morgan fingerprint density at radius 2 is 2.17 bits per heavy atom. The summed E-state index contributed by atoms with van der Waals surface area (Å²) in [4.78, 5) is 10.5. The van der Waals surface area contributed by atoms with E-state index in [0.29, 0.717) is 17.6 Å². The van der Waals surface area contributed by atoms with E-state index >= 15 is 0 Å². The predicted molar refractivity (Wildman–Crippen MR) is 72.4 cm³/mol. The molecule has 0 spiro atoms. The molecule has 4 heteroatoms. The molecule has 1 aromatic carbocycles. The number of nitrogens with one attached hydrogen (secondary N) is 1. The number of hydrogen-bond acceptors (Lipinski definition) is 3. The van der Waals surface area contributed by atoms with Crippen molar-refractivity contribution >= 4 is 11.8 Å². The minimum absolute atomic E-state index is 0.164. The molecule has 0 saturated carbocycles. The number of nitro benzene ring substituents is 1. The summed E-state index contributed by atoms with van der Waals surface area (Å²) in [7, 11) is 0. The molecule has 0 aromatic heterocycles. The number of benzene rings is 1. The van der Waals surface area contributed by atoms with Crippen LogP contribution in [0.5, 0.6) is 0 Å². The van der Waals surface area contributed by atoms with Crippen LogP contribution in [0.25, 0.3) is 6.08 Å². The van der Waals surface area contributed by atoms with Crippen LogP contribution in [0.2, 0.25) is 0 Å². The monoisotopic (exact) mass is 246 g/mol. The first-order chi connectivity index (χ1) is 8.66. The van der Waals surface area contributed by atoms with Crippen molar-refractivity contribution in [2.45, 2.75) is 38.3 Å². The molecule has 1 heterocycles. The van der Waals surface area contributed by atoms with Crippen molar-refractivity contribution in [3.63, 3.8) is 0 Å². The summed E-state index contributed by atoms with van der Waals surface area (Å²) in [6.07, 6.45) is 7.41. The molecule has 1 aliphatic rings. The highest BCUT2D eigenvalue weighted by atomic mass is 16.6. The van der Waals surface area contributed by atoms with Crippen molar-refractivity contribution in [2.75, 3.05) is 0 Å². The van der Waals surface area contributed by atoms with E-state index in [1.807, 2.05) is 18.2 Å². The maximum absolute atomic E-state index is 10.9.